The van der Waals surface area contributed by atoms with Crippen LogP contribution in [0.1, 0.15) is 34.1 Å². The third-order valence-electron chi connectivity index (χ3n) is 1.79. The highest BCUT2D eigenvalue weighted by atomic mass is 16.3. The molecule has 0 rings (SSSR count). The molecule has 1 unspecified atom stereocenters. The van der Waals surface area contributed by atoms with E-state index >= 15 is 0 Å². The lowest BCUT2D eigenvalue weighted by Gasteiger charge is -2.15. The van der Waals surface area contributed by atoms with E-state index < -0.39 is 0 Å². The molecular formula is C10H24N2O. The molecule has 0 radical (unpaired) electrons. The van der Waals surface area contributed by atoms with Crippen molar-refractivity contribution in [2.75, 3.05) is 13.1 Å². The van der Waals surface area contributed by atoms with Gasteiger partial charge in [0, 0.05) is 18.6 Å². The van der Waals surface area contributed by atoms with Gasteiger partial charge >= 0.3 is 0 Å². The first-order valence-electron chi connectivity index (χ1n) is 5.17. The zero-order valence-electron chi connectivity index (χ0n) is 9.30. The Hall–Kier alpha value is -0.120. The van der Waals surface area contributed by atoms with Crippen molar-refractivity contribution in [2.24, 2.45) is 0 Å². The number of aliphatic hydroxyl groups is 1. The summed E-state index contributed by atoms with van der Waals surface area (Å²) in [5, 5.41) is 16.0. The molecule has 13 heavy (non-hydrogen) atoms. The largest absolute Gasteiger partial charge is 0.392 e. The van der Waals surface area contributed by atoms with Gasteiger partial charge < -0.3 is 15.7 Å². The molecule has 0 saturated heterocycles. The Balaban J connectivity index is 3.25. The maximum absolute atomic E-state index is 9.51. The van der Waals surface area contributed by atoms with E-state index in [-0.39, 0.29) is 6.10 Å². The SMILES string of the molecule is CC(C)NCCC(O)CNC(C)C. The average Bonchev–Trinajstić information content (AvgIpc) is 2.00. The van der Waals surface area contributed by atoms with E-state index in [4.69, 9.17) is 0 Å². The molecule has 0 fully saturated rings. The lowest BCUT2D eigenvalue weighted by molar-refractivity contribution is 0.157. The van der Waals surface area contributed by atoms with Crippen molar-refractivity contribution >= 4 is 0 Å². The highest BCUT2D eigenvalue weighted by Gasteiger charge is 2.04. The number of nitrogens with one attached hydrogen (secondary N) is 2. The average molecular weight is 188 g/mol. The van der Waals surface area contributed by atoms with Crippen LogP contribution in [0.25, 0.3) is 0 Å². The highest BCUT2D eigenvalue weighted by molar-refractivity contribution is 4.64. The summed E-state index contributed by atoms with van der Waals surface area (Å²) in [4.78, 5) is 0. The normalized spacial score (nSPS) is 14.1. The van der Waals surface area contributed by atoms with Crippen molar-refractivity contribution < 1.29 is 5.11 Å². The molecule has 0 spiro atoms. The van der Waals surface area contributed by atoms with Crippen LogP contribution in [0.4, 0.5) is 0 Å². The van der Waals surface area contributed by atoms with Crippen molar-refractivity contribution in [3.8, 4) is 0 Å². The summed E-state index contributed by atoms with van der Waals surface area (Å²) < 4.78 is 0. The van der Waals surface area contributed by atoms with E-state index in [2.05, 4.69) is 38.3 Å². The first-order chi connectivity index (χ1) is 6.02. The summed E-state index contributed by atoms with van der Waals surface area (Å²) in [7, 11) is 0. The molecule has 0 aromatic heterocycles. The van der Waals surface area contributed by atoms with Crippen LogP contribution >= 0.6 is 0 Å². The van der Waals surface area contributed by atoms with Gasteiger partial charge in [-0.25, -0.2) is 0 Å². The summed E-state index contributed by atoms with van der Waals surface area (Å²) in [5.74, 6) is 0. The first kappa shape index (κ1) is 12.9. The van der Waals surface area contributed by atoms with Gasteiger partial charge in [-0.1, -0.05) is 27.7 Å². The minimum Gasteiger partial charge on any atom is -0.392 e. The molecule has 1 atom stereocenters. The minimum atomic E-state index is -0.228. The number of aliphatic hydroxyl groups excluding tert-OH is 1. The predicted octanol–water partition coefficient (Wildman–Crippen LogP) is 0.733. The molecule has 0 aromatic rings. The third-order valence-corrected chi connectivity index (χ3v) is 1.79. The monoisotopic (exact) mass is 188 g/mol. The second-order valence-corrected chi connectivity index (χ2v) is 4.11. The van der Waals surface area contributed by atoms with Crippen molar-refractivity contribution in [2.45, 2.75) is 52.3 Å². The molecular weight excluding hydrogens is 164 g/mol. The van der Waals surface area contributed by atoms with Crippen molar-refractivity contribution in [1.82, 2.24) is 10.6 Å². The summed E-state index contributed by atoms with van der Waals surface area (Å²) in [6.45, 7) is 9.96. The van der Waals surface area contributed by atoms with Crippen LogP contribution in [0.5, 0.6) is 0 Å². The first-order valence-corrected chi connectivity index (χ1v) is 5.17. The summed E-state index contributed by atoms with van der Waals surface area (Å²) >= 11 is 0. The molecule has 0 aliphatic rings. The van der Waals surface area contributed by atoms with Gasteiger partial charge in [-0.05, 0) is 13.0 Å². The molecule has 0 aromatic carbocycles. The maximum Gasteiger partial charge on any atom is 0.0676 e. The maximum atomic E-state index is 9.51. The molecule has 0 bridgehead atoms. The lowest BCUT2D eigenvalue weighted by atomic mass is 10.2. The zero-order valence-corrected chi connectivity index (χ0v) is 9.30. The second kappa shape index (κ2) is 7.30. The fourth-order valence-corrected chi connectivity index (χ4v) is 1.01. The quantitative estimate of drug-likeness (QED) is 0.552. The second-order valence-electron chi connectivity index (χ2n) is 4.11. The van der Waals surface area contributed by atoms with E-state index in [1.807, 2.05) is 0 Å². The summed E-state index contributed by atoms with van der Waals surface area (Å²) in [5.41, 5.74) is 0. The smallest absolute Gasteiger partial charge is 0.0676 e. The number of rotatable bonds is 7. The minimum absolute atomic E-state index is 0.228. The van der Waals surface area contributed by atoms with Crippen molar-refractivity contribution in [3.63, 3.8) is 0 Å². The topological polar surface area (TPSA) is 44.3 Å². The van der Waals surface area contributed by atoms with Gasteiger partial charge in [0.2, 0.25) is 0 Å². The van der Waals surface area contributed by atoms with Crippen LogP contribution in [0, 0.1) is 0 Å². The van der Waals surface area contributed by atoms with Gasteiger partial charge in [0.25, 0.3) is 0 Å². The molecule has 3 heteroatoms. The van der Waals surface area contributed by atoms with E-state index in [0.29, 0.717) is 18.6 Å². The van der Waals surface area contributed by atoms with Gasteiger partial charge in [0.05, 0.1) is 6.10 Å². The van der Waals surface area contributed by atoms with Crippen molar-refractivity contribution in [3.05, 3.63) is 0 Å². The van der Waals surface area contributed by atoms with Gasteiger partial charge in [0.1, 0.15) is 0 Å². The Bertz CT molecular complexity index is 115. The predicted molar refractivity (Wildman–Crippen MR) is 56.9 cm³/mol. The Labute approximate surface area is 81.9 Å². The summed E-state index contributed by atoms with van der Waals surface area (Å²) in [6.07, 6.45) is 0.589. The molecule has 0 aliphatic heterocycles. The van der Waals surface area contributed by atoms with E-state index in [0.717, 1.165) is 13.0 Å². The standard InChI is InChI=1S/C10H24N2O/c1-8(2)11-6-5-10(13)7-12-9(3)4/h8-13H,5-7H2,1-4H3. The molecule has 0 amide bonds. The molecule has 0 aliphatic carbocycles. The lowest BCUT2D eigenvalue weighted by Crippen LogP contribution is -2.34. The van der Waals surface area contributed by atoms with Crippen LogP contribution in [0.15, 0.2) is 0 Å². The van der Waals surface area contributed by atoms with Crippen molar-refractivity contribution in [1.29, 1.82) is 0 Å². The Morgan fingerprint density at radius 2 is 1.54 bits per heavy atom. The fourth-order valence-electron chi connectivity index (χ4n) is 1.01. The summed E-state index contributed by atoms with van der Waals surface area (Å²) in [6, 6.07) is 0.956. The van der Waals surface area contributed by atoms with Gasteiger partial charge in [0.15, 0.2) is 0 Å². The molecule has 0 saturated carbocycles. The van der Waals surface area contributed by atoms with Crippen LogP contribution in [-0.4, -0.2) is 36.4 Å². The molecule has 3 nitrogen and oxygen atoms in total. The highest BCUT2D eigenvalue weighted by Crippen LogP contribution is 1.90. The Kier molecular flexibility index (Phi) is 7.23. The van der Waals surface area contributed by atoms with Gasteiger partial charge in [-0.2, -0.15) is 0 Å². The zero-order chi connectivity index (χ0) is 10.3. The molecule has 0 heterocycles. The van der Waals surface area contributed by atoms with Crippen LogP contribution in [0.2, 0.25) is 0 Å². The van der Waals surface area contributed by atoms with Crippen LogP contribution in [0.3, 0.4) is 0 Å². The van der Waals surface area contributed by atoms with Gasteiger partial charge in [-0.3, -0.25) is 0 Å². The Morgan fingerprint density at radius 3 is 2.00 bits per heavy atom. The van der Waals surface area contributed by atoms with E-state index in [1.165, 1.54) is 0 Å². The van der Waals surface area contributed by atoms with Crippen LogP contribution in [-0.2, 0) is 0 Å². The molecule has 80 valence electrons. The van der Waals surface area contributed by atoms with Gasteiger partial charge in [-0.15, -0.1) is 0 Å². The third kappa shape index (κ3) is 9.80. The van der Waals surface area contributed by atoms with E-state index in [1.54, 1.807) is 0 Å². The number of hydrogen-bond acceptors (Lipinski definition) is 3. The molecule has 3 N–H and O–H groups in total. The number of hydrogen-bond donors (Lipinski definition) is 3. The van der Waals surface area contributed by atoms with E-state index in [9.17, 15) is 5.11 Å². The fraction of sp³-hybridized carbons (Fsp3) is 1.00. The van der Waals surface area contributed by atoms with Crippen LogP contribution < -0.4 is 10.6 Å². The Morgan fingerprint density at radius 1 is 1.00 bits per heavy atom.